The summed E-state index contributed by atoms with van der Waals surface area (Å²) < 4.78 is 2.35. The minimum Gasteiger partial charge on any atom is -0.318 e. The molecule has 3 aromatic rings. The molecule has 0 N–H and O–H groups in total. The lowest BCUT2D eigenvalue weighted by Gasteiger charge is -2.24. The zero-order valence-corrected chi connectivity index (χ0v) is 19.9. The first-order chi connectivity index (χ1) is 13.7. The van der Waals surface area contributed by atoms with Crippen molar-refractivity contribution in [3.63, 3.8) is 0 Å². The van der Waals surface area contributed by atoms with E-state index in [-0.39, 0.29) is 5.41 Å². The molecule has 3 rings (SSSR count). The molecule has 154 valence electrons. The summed E-state index contributed by atoms with van der Waals surface area (Å²) >= 11 is 14.2. The molecule has 0 saturated heterocycles. The Morgan fingerprint density at radius 1 is 1.07 bits per heavy atom. The van der Waals surface area contributed by atoms with Crippen molar-refractivity contribution >= 4 is 35.0 Å². The van der Waals surface area contributed by atoms with Crippen LogP contribution in [0.3, 0.4) is 0 Å². The molecule has 0 aliphatic carbocycles. The van der Waals surface area contributed by atoms with Crippen LogP contribution >= 0.6 is 35.0 Å². The Morgan fingerprint density at radius 3 is 2.24 bits per heavy atom. The Labute approximate surface area is 187 Å². The predicted octanol–water partition coefficient (Wildman–Crippen LogP) is 7.60. The molecule has 0 saturated carbocycles. The first-order valence-corrected chi connectivity index (χ1v) is 11.4. The summed E-state index contributed by atoms with van der Waals surface area (Å²) in [6.45, 7) is 11.9. The highest BCUT2D eigenvalue weighted by atomic mass is 35.5. The molecule has 2 heterocycles. The molecule has 2 aromatic heterocycles. The first-order valence-electron chi connectivity index (χ1n) is 9.85. The van der Waals surface area contributed by atoms with Crippen LogP contribution in [0.15, 0.2) is 52.6 Å². The molecule has 1 aromatic carbocycles. The summed E-state index contributed by atoms with van der Waals surface area (Å²) in [4.78, 5) is 10.3. The standard InChI is InChI=1S/C23H27Cl2N3S/c1-6-23(4,5)22-27-20(15(2)3)21(28(22)14-16-7-9-26-10-8-16)29-19-12-17(24)11-18(25)13-19/h7-13,15H,6,14H2,1-5H3. The molecule has 0 aliphatic heterocycles. The second kappa shape index (κ2) is 9.11. The van der Waals surface area contributed by atoms with E-state index in [0.717, 1.165) is 34.4 Å². The number of nitrogens with zero attached hydrogens (tertiary/aromatic N) is 3. The lowest BCUT2D eigenvalue weighted by Crippen LogP contribution is -2.22. The van der Waals surface area contributed by atoms with Gasteiger partial charge in [-0.1, -0.05) is 69.6 Å². The molecule has 3 nitrogen and oxygen atoms in total. The van der Waals surface area contributed by atoms with Crippen molar-refractivity contribution in [3.8, 4) is 0 Å². The molecule has 0 spiro atoms. The fourth-order valence-corrected chi connectivity index (χ4v) is 5.03. The van der Waals surface area contributed by atoms with E-state index >= 15 is 0 Å². The number of pyridine rings is 1. The minimum absolute atomic E-state index is 0.0402. The Bertz CT molecular complexity index is 961. The van der Waals surface area contributed by atoms with Crippen LogP contribution in [0.5, 0.6) is 0 Å². The van der Waals surface area contributed by atoms with Gasteiger partial charge in [0, 0.05) is 39.3 Å². The van der Waals surface area contributed by atoms with Gasteiger partial charge in [0.05, 0.1) is 5.69 Å². The van der Waals surface area contributed by atoms with Gasteiger partial charge in [-0.3, -0.25) is 4.98 Å². The van der Waals surface area contributed by atoms with E-state index in [4.69, 9.17) is 28.2 Å². The third-order valence-corrected chi connectivity index (χ3v) is 6.65. The van der Waals surface area contributed by atoms with Gasteiger partial charge in [-0.05, 0) is 48.2 Å². The Balaban J connectivity index is 2.17. The van der Waals surface area contributed by atoms with Crippen molar-refractivity contribution < 1.29 is 0 Å². The fraction of sp³-hybridized carbons (Fsp3) is 0.391. The van der Waals surface area contributed by atoms with Crippen molar-refractivity contribution in [2.75, 3.05) is 0 Å². The molecule has 0 amide bonds. The Morgan fingerprint density at radius 2 is 1.69 bits per heavy atom. The topological polar surface area (TPSA) is 30.7 Å². The summed E-state index contributed by atoms with van der Waals surface area (Å²) in [6.07, 6.45) is 4.68. The summed E-state index contributed by atoms with van der Waals surface area (Å²) in [5.74, 6) is 1.41. The van der Waals surface area contributed by atoms with Gasteiger partial charge < -0.3 is 4.57 Å². The number of hydrogen-bond donors (Lipinski definition) is 0. The van der Waals surface area contributed by atoms with Crippen LogP contribution in [0.2, 0.25) is 10.0 Å². The normalized spacial score (nSPS) is 12.0. The number of imidazole rings is 1. The highest BCUT2D eigenvalue weighted by Crippen LogP contribution is 2.40. The minimum atomic E-state index is -0.0402. The van der Waals surface area contributed by atoms with Gasteiger partial charge in [-0.25, -0.2) is 4.98 Å². The number of hydrogen-bond acceptors (Lipinski definition) is 3. The van der Waals surface area contributed by atoms with E-state index in [0.29, 0.717) is 16.0 Å². The zero-order chi connectivity index (χ0) is 21.2. The molecule has 0 fully saturated rings. The van der Waals surface area contributed by atoms with Crippen molar-refractivity contribution in [2.45, 2.75) is 68.8 Å². The zero-order valence-electron chi connectivity index (χ0n) is 17.5. The van der Waals surface area contributed by atoms with Crippen LogP contribution in [0, 0.1) is 0 Å². The maximum absolute atomic E-state index is 6.26. The number of halogens is 2. The second-order valence-electron chi connectivity index (χ2n) is 8.17. The number of rotatable bonds is 7. The smallest absolute Gasteiger partial charge is 0.115 e. The van der Waals surface area contributed by atoms with Gasteiger partial charge in [0.15, 0.2) is 0 Å². The van der Waals surface area contributed by atoms with E-state index in [1.165, 1.54) is 5.56 Å². The van der Waals surface area contributed by atoms with Crippen molar-refractivity contribution in [1.29, 1.82) is 0 Å². The highest BCUT2D eigenvalue weighted by Gasteiger charge is 2.30. The lowest BCUT2D eigenvalue weighted by atomic mass is 9.89. The van der Waals surface area contributed by atoms with Gasteiger partial charge in [-0.2, -0.15) is 0 Å². The average Bonchev–Trinajstić information content (AvgIpc) is 3.01. The largest absolute Gasteiger partial charge is 0.318 e. The highest BCUT2D eigenvalue weighted by molar-refractivity contribution is 7.99. The molecule has 0 bridgehead atoms. The average molecular weight is 448 g/mol. The maximum atomic E-state index is 6.26. The Hall–Kier alpha value is -1.49. The maximum Gasteiger partial charge on any atom is 0.115 e. The van der Waals surface area contributed by atoms with Crippen LogP contribution in [0.25, 0.3) is 0 Å². The first kappa shape index (κ1) is 22.2. The van der Waals surface area contributed by atoms with Crippen LogP contribution < -0.4 is 0 Å². The summed E-state index contributed by atoms with van der Waals surface area (Å²) in [5, 5.41) is 2.42. The Kier molecular flexibility index (Phi) is 6.98. The monoisotopic (exact) mass is 447 g/mol. The van der Waals surface area contributed by atoms with E-state index < -0.39 is 0 Å². The second-order valence-corrected chi connectivity index (χ2v) is 10.1. The molecule has 6 heteroatoms. The van der Waals surface area contributed by atoms with Gasteiger partial charge in [0.25, 0.3) is 0 Å². The van der Waals surface area contributed by atoms with E-state index in [1.54, 1.807) is 17.8 Å². The predicted molar refractivity (Wildman–Crippen MR) is 124 cm³/mol. The third kappa shape index (κ3) is 5.17. The summed E-state index contributed by atoms with van der Waals surface area (Å²) in [6, 6.07) is 9.79. The quantitative estimate of drug-likeness (QED) is 0.373. The van der Waals surface area contributed by atoms with Crippen LogP contribution in [-0.4, -0.2) is 14.5 Å². The molecule has 0 radical (unpaired) electrons. The van der Waals surface area contributed by atoms with Crippen molar-refractivity contribution in [1.82, 2.24) is 14.5 Å². The number of aromatic nitrogens is 3. The SMILES string of the molecule is CCC(C)(C)c1nc(C(C)C)c(Sc2cc(Cl)cc(Cl)c2)n1Cc1ccncc1. The van der Waals surface area contributed by atoms with Crippen molar-refractivity contribution in [2.24, 2.45) is 0 Å². The van der Waals surface area contributed by atoms with Crippen LogP contribution in [0.4, 0.5) is 0 Å². The van der Waals surface area contributed by atoms with Gasteiger partial charge in [-0.15, -0.1) is 0 Å². The molecule has 0 atom stereocenters. The van der Waals surface area contributed by atoms with Crippen molar-refractivity contribution in [3.05, 3.63) is 69.9 Å². The van der Waals surface area contributed by atoms with E-state index in [1.807, 2.05) is 24.5 Å². The summed E-state index contributed by atoms with van der Waals surface area (Å²) in [5.41, 5.74) is 2.27. The van der Waals surface area contributed by atoms with E-state index in [9.17, 15) is 0 Å². The molecule has 0 aliphatic rings. The fourth-order valence-electron chi connectivity index (χ4n) is 3.13. The lowest BCUT2D eigenvalue weighted by molar-refractivity contribution is 0.443. The van der Waals surface area contributed by atoms with Crippen LogP contribution in [-0.2, 0) is 12.0 Å². The molecule has 29 heavy (non-hydrogen) atoms. The van der Waals surface area contributed by atoms with Crippen LogP contribution in [0.1, 0.15) is 64.0 Å². The van der Waals surface area contributed by atoms with E-state index in [2.05, 4.69) is 56.3 Å². The number of benzene rings is 1. The third-order valence-electron chi connectivity index (χ3n) is 5.12. The molecule has 0 unspecified atom stereocenters. The van der Waals surface area contributed by atoms with Gasteiger partial charge in [0.2, 0.25) is 0 Å². The molecular formula is C23H27Cl2N3S. The van der Waals surface area contributed by atoms with Gasteiger partial charge in [0.1, 0.15) is 10.9 Å². The molecular weight excluding hydrogens is 421 g/mol. The van der Waals surface area contributed by atoms with Gasteiger partial charge >= 0.3 is 0 Å². The summed E-state index contributed by atoms with van der Waals surface area (Å²) in [7, 11) is 0.